The van der Waals surface area contributed by atoms with Crippen molar-refractivity contribution >= 4 is 5.69 Å². The van der Waals surface area contributed by atoms with Crippen LogP contribution >= 0.6 is 0 Å². The van der Waals surface area contributed by atoms with E-state index < -0.39 is 5.54 Å². The molecule has 0 spiro atoms. The van der Waals surface area contributed by atoms with Gasteiger partial charge in [-0.25, -0.2) is 9.37 Å². The molecule has 3 heterocycles. The highest BCUT2D eigenvalue weighted by molar-refractivity contribution is 5.82. The molecule has 1 aliphatic rings. The summed E-state index contributed by atoms with van der Waals surface area (Å²) in [5, 5.41) is 12.0. The SMILES string of the molecule is CCc1cnc(OC)c(-c2c(F)cc3c(c2C)-n2c(C)nnc2C(C)(C)N3)c1. The number of ether oxygens (including phenoxy) is 1. The van der Waals surface area contributed by atoms with Gasteiger partial charge < -0.3 is 10.1 Å². The van der Waals surface area contributed by atoms with Gasteiger partial charge in [0.15, 0.2) is 5.82 Å². The van der Waals surface area contributed by atoms with Crippen LogP contribution in [0.2, 0.25) is 0 Å². The van der Waals surface area contributed by atoms with Crippen molar-refractivity contribution in [1.29, 1.82) is 0 Å². The summed E-state index contributed by atoms with van der Waals surface area (Å²) in [6.45, 7) is 9.88. The minimum Gasteiger partial charge on any atom is -0.481 e. The lowest BCUT2D eigenvalue weighted by Crippen LogP contribution is -2.36. The Balaban J connectivity index is 2.05. The van der Waals surface area contributed by atoms with Gasteiger partial charge in [0, 0.05) is 17.3 Å². The minimum atomic E-state index is -0.462. The number of methoxy groups -OCH3 is 1. The predicted molar refractivity (Wildman–Crippen MR) is 107 cm³/mol. The molecule has 0 bridgehead atoms. The number of aromatic nitrogens is 4. The molecule has 2 aromatic heterocycles. The molecule has 0 atom stereocenters. The number of nitrogens with one attached hydrogen (secondary N) is 1. The van der Waals surface area contributed by atoms with E-state index in [0.29, 0.717) is 17.0 Å². The fraction of sp³-hybridized carbons (Fsp3) is 0.381. The molecule has 6 nitrogen and oxygen atoms in total. The van der Waals surface area contributed by atoms with Crippen LogP contribution in [0.3, 0.4) is 0 Å². The van der Waals surface area contributed by atoms with Crippen LogP contribution in [0.1, 0.15) is 43.5 Å². The van der Waals surface area contributed by atoms with E-state index in [0.717, 1.165) is 40.6 Å². The van der Waals surface area contributed by atoms with E-state index in [1.807, 2.05) is 45.3 Å². The van der Waals surface area contributed by atoms with Gasteiger partial charge in [0.25, 0.3) is 0 Å². The summed E-state index contributed by atoms with van der Waals surface area (Å²) in [7, 11) is 1.55. The molecule has 1 aliphatic heterocycles. The molecule has 0 radical (unpaired) electrons. The maximum absolute atomic E-state index is 15.4. The van der Waals surface area contributed by atoms with Gasteiger partial charge in [-0.15, -0.1) is 10.2 Å². The van der Waals surface area contributed by atoms with Crippen molar-refractivity contribution in [3.63, 3.8) is 0 Å². The molecule has 0 aliphatic carbocycles. The van der Waals surface area contributed by atoms with Crippen LogP contribution in [0.4, 0.5) is 10.1 Å². The summed E-state index contributed by atoms with van der Waals surface area (Å²) in [4.78, 5) is 4.38. The Morgan fingerprint density at radius 1 is 1.21 bits per heavy atom. The molecule has 1 aromatic carbocycles. The van der Waals surface area contributed by atoms with Crippen LogP contribution in [-0.4, -0.2) is 26.9 Å². The van der Waals surface area contributed by atoms with Crippen molar-refractivity contribution in [1.82, 2.24) is 19.7 Å². The Morgan fingerprint density at radius 3 is 2.64 bits per heavy atom. The molecular formula is C21H24FN5O. The van der Waals surface area contributed by atoms with Crippen LogP contribution in [0.5, 0.6) is 5.88 Å². The second-order valence-corrected chi connectivity index (χ2v) is 7.66. The van der Waals surface area contributed by atoms with Crippen molar-refractivity contribution < 1.29 is 9.13 Å². The molecule has 3 aromatic rings. The number of hydrogen-bond acceptors (Lipinski definition) is 5. The van der Waals surface area contributed by atoms with Crippen molar-refractivity contribution in [3.8, 4) is 22.7 Å². The third-order valence-electron chi connectivity index (χ3n) is 5.33. The number of pyridine rings is 1. The zero-order valence-corrected chi connectivity index (χ0v) is 17.0. The Hall–Kier alpha value is -2.96. The topological polar surface area (TPSA) is 64.9 Å². The summed E-state index contributed by atoms with van der Waals surface area (Å²) < 4.78 is 22.8. The number of hydrogen-bond donors (Lipinski definition) is 1. The van der Waals surface area contributed by atoms with Crippen molar-refractivity contribution in [2.24, 2.45) is 0 Å². The standard InChI is InChI=1S/C21H24FN5O/c1-7-13-8-14(19(28-6)23-10-13)17-11(2)18-16(9-15(17)22)24-21(4,5)20-26-25-12(3)27(18)20/h8-10,24H,7H2,1-6H3. The smallest absolute Gasteiger partial charge is 0.221 e. The summed E-state index contributed by atoms with van der Waals surface area (Å²) in [6.07, 6.45) is 2.57. The zero-order chi connectivity index (χ0) is 20.2. The first kappa shape index (κ1) is 18.4. The number of halogens is 1. The first-order valence-electron chi connectivity index (χ1n) is 9.36. The number of fused-ring (bicyclic) bond motifs is 3. The predicted octanol–water partition coefficient (Wildman–Crippen LogP) is 4.32. The quantitative estimate of drug-likeness (QED) is 0.732. The lowest BCUT2D eigenvalue weighted by molar-refractivity contribution is 0.399. The average molecular weight is 381 g/mol. The summed E-state index contributed by atoms with van der Waals surface area (Å²) in [6, 6.07) is 3.49. The first-order valence-corrected chi connectivity index (χ1v) is 9.36. The molecule has 0 unspecified atom stereocenters. The third kappa shape index (κ3) is 2.57. The molecule has 7 heteroatoms. The molecule has 4 rings (SSSR count). The zero-order valence-electron chi connectivity index (χ0n) is 17.0. The van der Waals surface area contributed by atoms with Crippen LogP contribution in [-0.2, 0) is 12.0 Å². The van der Waals surface area contributed by atoms with Gasteiger partial charge in [-0.1, -0.05) is 6.92 Å². The second-order valence-electron chi connectivity index (χ2n) is 7.66. The maximum Gasteiger partial charge on any atom is 0.221 e. The number of nitrogens with zero attached hydrogens (tertiary/aromatic N) is 4. The number of aryl methyl sites for hydroxylation is 2. The van der Waals surface area contributed by atoms with Gasteiger partial charge in [0.05, 0.1) is 24.0 Å². The van der Waals surface area contributed by atoms with Gasteiger partial charge in [-0.05, 0) is 57.4 Å². The Bertz CT molecular complexity index is 1090. The third-order valence-corrected chi connectivity index (χ3v) is 5.33. The molecule has 1 N–H and O–H groups in total. The fourth-order valence-corrected chi connectivity index (χ4v) is 3.94. The normalized spacial score (nSPS) is 14.2. The van der Waals surface area contributed by atoms with E-state index in [1.165, 1.54) is 0 Å². The van der Waals surface area contributed by atoms with E-state index in [9.17, 15) is 0 Å². The molecule has 0 amide bonds. The molecule has 0 saturated carbocycles. The fourth-order valence-electron chi connectivity index (χ4n) is 3.94. The van der Waals surface area contributed by atoms with Gasteiger partial charge in [0.1, 0.15) is 11.6 Å². The molecule has 28 heavy (non-hydrogen) atoms. The lowest BCUT2D eigenvalue weighted by Gasteiger charge is -2.35. The van der Waals surface area contributed by atoms with Crippen LogP contribution < -0.4 is 10.1 Å². The number of benzene rings is 1. The second kappa shape index (κ2) is 6.29. The van der Waals surface area contributed by atoms with Gasteiger partial charge in [0.2, 0.25) is 5.88 Å². The van der Waals surface area contributed by atoms with Crippen LogP contribution in [0.15, 0.2) is 18.3 Å². The molecule has 146 valence electrons. The monoisotopic (exact) mass is 381 g/mol. The first-order chi connectivity index (χ1) is 13.3. The van der Waals surface area contributed by atoms with Gasteiger partial charge in [-0.2, -0.15) is 0 Å². The van der Waals surface area contributed by atoms with E-state index in [2.05, 4.69) is 20.5 Å². The average Bonchev–Trinajstić information content (AvgIpc) is 3.03. The van der Waals surface area contributed by atoms with Crippen molar-refractivity contribution in [2.45, 2.75) is 46.6 Å². The highest BCUT2D eigenvalue weighted by Crippen LogP contribution is 2.44. The number of anilines is 1. The largest absolute Gasteiger partial charge is 0.481 e. The van der Waals surface area contributed by atoms with Crippen LogP contribution in [0, 0.1) is 19.7 Å². The molecular weight excluding hydrogens is 357 g/mol. The highest BCUT2D eigenvalue weighted by Gasteiger charge is 2.36. The Kier molecular flexibility index (Phi) is 4.14. The van der Waals surface area contributed by atoms with E-state index in [-0.39, 0.29) is 5.82 Å². The highest BCUT2D eigenvalue weighted by atomic mass is 19.1. The van der Waals surface area contributed by atoms with Crippen LogP contribution in [0.25, 0.3) is 16.8 Å². The minimum absolute atomic E-state index is 0.318. The van der Waals surface area contributed by atoms with Gasteiger partial charge >= 0.3 is 0 Å². The van der Waals surface area contributed by atoms with E-state index in [4.69, 9.17) is 4.74 Å². The van der Waals surface area contributed by atoms with Crippen molar-refractivity contribution in [3.05, 3.63) is 46.9 Å². The van der Waals surface area contributed by atoms with Crippen molar-refractivity contribution in [2.75, 3.05) is 12.4 Å². The summed E-state index contributed by atoms with van der Waals surface area (Å²) in [5.74, 6) is 1.65. The number of rotatable bonds is 3. The lowest BCUT2D eigenvalue weighted by atomic mass is 9.93. The van der Waals surface area contributed by atoms with E-state index >= 15 is 4.39 Å². The Labute approximate surface area is 163 Å². The molecule has 0 saturated heterocycles. The molecule has 0 fully saturated rings. The maximum atomic E-state index is 15.4. The Morgan fingerprint density at radius 2 is 1.96 bits per heavy atom. The van der Waals surface area contributed by atoms with Gasteiger partial charge in [-0.3, -0.25) is 4.57 Å². The summed E-state index contributed by atoms with van der Waals surface area (Å²) in [5.41, 5.74) is 4.06. The van der Waals surface area contributed by atoms with E-state index in [1.54, 1.807) is 19.4 Å². The summed E-state index contributed by atoms with van der Waals surface area (Å²) >= 11 is 0.